The van der Waals surface area contributed by atoms with Crippen LogP contribution >= 0.6 is 0 Å². The second kappa shape index (κ2) is 8.62. The van der Waals surface area contributed by atoms with Crippen LogP contribution in [0.1, 0.15) is 36.6 Å². The van der Waals surface area contributed by atoms with E-state index in [0.29, 0.717) is 30.4 Å². The first-order chi connectivity index (χ1) is 13.0. The molecular formula is C22H25FN4. The number of hydrogen-bond donors (Lipinski definition) is 2. The monoisotopic (exact) mass is 364 g/mol. The molecule has 140 valence electrons. The lowest BCUT2D eigenvalue weighted by atomic mass is 10.0. The van der Waals surface area contributed by atoms with Crippen LogP contribution in [0.3, 0.4) is 0 Å². The van der Waals surface area contributed by atoms with Crippen molar-refractivity contribution in [3.63, 3.8) is 0 Å². The molecule has 1 aromatic heterocycles. The van der Waals surface area contributed by atoms with Gasteiger partial charge in [-0.1, -0.05) is 44.2 Å². The molecule has 4 nitrogen and oxygen atoms in total. The van der Waals surface area contributed by atoms with Gasteiger partial charge in [-0.05, 0) is 48.6 Å². The fourth-order valence-electron chi connectivity index (χ4n) is 2.82. The Balaban J connectivity index is 1.64. The first-order valence-electron chi connectivity index (χ1n) is 9.21. The summed E-state index contributed by atoms with van der Waals surface area (Å²) in [6.45, 7) is 6.84. The van der Waals surface area contributed by atoms with Gasteiger partial charge in [-0.25, -0.2) is 9.37 Å². The van der Waals surface area contributed by atoms with Crippen LogP contribution in [0.5, 0.6) is 0 Å². The van der Waals surface area contributed by atoms with E-state index >= 15 is 0 Å². The zero-order chi connectivity index (χ0) is 19.2. The van der Waals surface area contributed by atoms with E-state index in [9.17, 15) is 4.39 Å². The molecule has 0 fully saturated rings. The molecule has 0 radical (unpaired) electrons. The number of aromatic nitrogens is 2. The number of nitrogens with one attached hydrogen (secondary N) is 2. The highest BCUT2D eigenvalue weighted by Gasteiger charge is 2.05. The molecule has 2 N–H and O–H groups in total. The summed E-state index contributed by atoms with van der Waals surface area (Å²) in [5.74, 6) is 1.59. The van der Waals surface area contributed by atoms with E-state index in [1.165, 1.54) is 11.6 Å². The van der Waals surface area contributed by atoms with Crippen molar-refractivity contribution in [1.82, 2.24) is 9.97 Å². The molecule has 0 saturated heterocycles. The summed E-state index contributed by atoms with van der Waals surface area (Å²) in [7, 11) is 0. The topological polar surface area (TPSA) is 49.8 Å². The third kappa shape index (κ3) is 5.26. The van der Waals surface area contributed by atoms with E-state index in [4.69, 9.17) is 0 Å². The maximum absolute atomic E-state index is 13.7. The van der Waals surface area contributed by atoms with Crippen LogP contribution in [-0.2, 0) is 6.42 Å². The average Bonchev–Trinajstić information content (AvgIpc) is 2.63. The molecule has 0 amide bonds. The fraction of sp³-hybridized carbons (Fsp3) is 0.273. The Kier molecular flexibility index (Phi) is 6.01. The van der Waals surface area contributed by atoms with Crippen LogP contribution < -0.4 is 10.6 Å². The SMILES string of the molecule is Cc1cc(Nc2ccc(C(C)C)cc2)nc(NCCc2ccccc2F)n1. The summed E-state index contributed by atoms with van der Waals surface area (Å²) in [4.78, 5) is 8.92. The summed E-state index contributed by atoms with van der Waals surface area (Å²) >= 11 is 0. The second-order valence-corrected chi connectivity index (χ2v) is 6.89. The Labute approximate surface area is 159 Å². The molecule has 0 aliphatic heterocycles. The normalized spacial score (nSPS) is 10.9. The molecule has 1 heterocycles. The molecule has 2 aromatic carbocycles. The van der Waals surface area contributed by atoms with Crippen molar-refractivity contribution in [3.05, 3.63) is 77.2 Å². The van der Waals surface area contributed by atoms with E-state index in [1.54, 1.807) is 12.1 Å². The Morgan fingerprint density at radius 2 is 1.74 bits per heavy atom. The summed E-state index contributed by atoms with van der Waals surface area (Å²) in [6.07, 6.45) is 0.573. The number of rotatable bonds is 7. The first kappa shape index (κ1) is 18.8. The number of anilines is 3. The van der Waals surface area contributed by atoms with Gasteiger partial charge in [-0.15, -0.1) is 0 Å². The van der Waals surface area contributed by atoms with Crippen LogP contribution in [-0.4, -0.2) is 16.5 Å². The van der Waals surface area contributed by atoms with Crippen LogP contribution in [0.4, 0.5) is 21.8 Å². The predicted octanol–water partition coefficient (Wildman–Crippen LogP) is 5.45. The summed E-state index contributed by atoms with van der Waals surface area (Å²) in [5, 5.41) is 6.50. The zero-order valence-electron chi connectivity index (χ0n) is 16.0. The molecule has 0 aliphatic carbocycles. The van der Waals surface area contributed by atoms with Gasteiger partial charge in [0.15, 0.2) is 0 Å². The molecule has 5 heteroatoms. The molecule has 0 saturated carbocycles. The largest absolute Gasteiger partial charge is 0.354 e. The summed E-state index contributed by atoms with van der Waals surface area (Å²) < 4.78 is 13.7. The fourth-order valence-corrected chi connectivity index (χ4v) is 2.82. The lowest BCUT2D eigenvalue weighted by Gasteiger charge is -2.11. The van der Waals surface area contributed by atoms with E-state index < -0.39 is 0 Å². The highest BCUT2D eigenvalue weighted by molar-refractivity contribution is 5.58. The Morgan fingerprint density at radius 3 is 2.44 bits per heavy atom. The van der Waals surface area contributed by atoms with Gasteiger partial charge < -0.3 is 10.6 Å². The third-order valence-corrected chi connectivity index (χ3v) is 4.34. The van der Waals surface area contributed by atoms with E-state index in [-0.39, 0.29) is 5.82 Å². The van der Waals surface area contributed by atoms with Crippen LogP contribution in [0, 0.1) is 12.7 Å². The Bertz CT molecular complexity index is 891. The molecule has 3 aromatic rings. The highest BCUT2D eigenvalue weighted by atomic mass is 19.1. The standard InChI is InChI=1S/C22H25FN4/c1-15(2)17-8-10-19(11-9-17)26-21-14-16(3)25-22(27-21)24-13-12-18-6-4-5-7-20(18)23/h4-11,14-15H,12-13H2,1-3H3,(H2,24,25,26,27). The van der Waals surface area contributed by atoms with Gasteiger partial charge in [0.2, 0.25) is 5.95 Å². The van der Waals surface area contributed by atoms with Crippen molar-refractivity contribution >= 4 is 17.5 Å². The summed E-state index contributed by atoms with van der Waals surface area (Å²) in [6, 6.07) is 17.1. The van der Waals surface area contributed by atoms with Crippen LogP contribution in [0.15, 0.2) is 54.6 Å². The van der Waals surface area contributed by atoms with Crippen molar-refractivity contribution in [2.45, 2.75) is 33.1 Å². The number of halogens is 1. The van der Waals surface area contributed by atoms with Crippen LogP contribution in [0.2, 0.25) is 0 Å². The van der Waals surface area contributed by atoms with Gasteiger partial charge in [0.25, 0.3) is 0 Å². The Morgan fingerprint density at radius 1 is 1.00 bits per heavy atom. The predicted molar refractivity (Wildman–Crippen MR) is 109 cm³/mol. The van der Waals surface area contributed by atoms with Crippen molar-refractivity contribution in [2.75, 3.05) is 17.2 Å². The average molecular weight is 364 g/mol. The lowest BCUT2D eigenvalue weighted by Crippen LogP contribution is -2.10. The number of hydrogen-bond acceptors (Lipinski definition) is 4. The van der Waals surface area contributed by atoms with Crippen molar-refractivity contribution in [1.29, 1.82) is 0 Å². The van der Waals surface area contributed by atoms with Crippen LogP contribution in [0.25, 0.3) is 0 Å². The molecule has 3 rings (SSSR count). The number of aryl methyl sites for hydroxylation is 1. The maximum Gasteiger partial charge on any atom is 0.224 e. The van der Waals surface area contributed by atoms with Gasteiger partial charge in [-0.3, -0.25) is 0 Å². The maximum atomic E-state index is 13.7. The van der Waals surface area contributed by atoms with Crippen molar-refractivity contribution < 1.29 is 4.39 Å². The smallest absolute Gasteiger partial charge is 0.224 e. The molecule has 27 heavy (non-hydrogen) atoms. The zero-order valence-corrected chi connectivity index (χ0v) is 16.0. The molecule has 0 unspecified atom stereocenters. The molecule has 0 atom stereocenters. The quantitative estimate of drug-likeness (QED) is 0.586. The second-order valence-electron chi connectivity index (χ2n) is 6.89. The van der Waals surface area contributed by atoms with Gasteiger partial charge in [0, 0.05) is 24.0 Å². The van der Waals surface area contributed by atoms with E-state index in [1.807, 2.05) is 19.1 Å². The molecule has 0 aliphatic rings. The lowest BCUT2D eigenvalue weighted by molar-refractivity contribution is 0.610. The van der Waals surface area contributed by atoms with Gasteiger partial charge in [-0.2, -0.15) is 4.98 Å². The minimum atomic E-state index is -0.184. The van der Waals surface area contributed by atoms with Gasteiger partial charge in [0.1, 0.15) is 11.6 Å². The number of nitrogens with zero attached hydrogens (tertiary/aromatic N) is 2. The summed E-state index contributed by atoms with van der Waals surface area (Å²) in [5.41, 5.74) is 3.82. The molecule has 0 bridgehead atoms. The molecular weight excluding hydrogens is 339 g/mol. The highest BCUT2D eigenvalue weighted by Crippen LogP contribution is 2.20. The van der Waals surface area contributed by atoms with Gasteiger partial charge in [0.05, 0.1) is 0 Å². The Hall–Kier alpha value is -2.95. The van der Waals surface area contributed by atoms with E-state index in [2.05, 4.69) is 58.7 Å². The third-order valence-electron chi connectivity index (χ3n) is 4.34. The van der Waals surface area contributed by atoms with Gasteiger partial charge >= 0.3 is 0 Å². The van der Waals surface area contributed by atoms with Crippen molar-refractivity contribution in [2.24, 2.45) is 0 Å². The van der Waals surface area contributed by atoms with Crippen molar-refractivity contribution in [3.8, 4) is 0 Å². The van der Waals surface area contributed by atoms with E-state index in [0.717, 1.165) is 17.2 Å². The molecule has 0 spiro atoms. The number of benzene rings is 2. The minimum absolute atomic E-state index is 0.184. The first-order valence-corrected chi connectivity index (χ1v) is 9.21. The minimum Gasteiger partial charge on any atom is -0.354 e.